The van der Waals surface area contributed by atoms with Gasteiger partial charge >= 0.3 is 0 Å². The Labute approximate surface area is 200 Å². The van der Waals surface area contributed by atoms with Gasteiger partial charge in [0.05, 0.1) is 18.2 Å². The third-order valence-electron chi connectivity index (χ3n) is 6.14. The van der Waals surface area contributed by atoms with E-state index in [1.807, 2.05) is 24.3 Å². The van der Waals surface area contributed by atoms with Crippen LogP contribution >= 0.6 is 11.6 Å². The molecule has 1 amide bonds. The van der Waals surface area contributed by atoms with Gasteiger partial charge in [-0.25, -0.2) is 8.42 Å². The first-order valence-electron chi connectivity index (χ1n) is 11.4. The molecule has 0 unspecified atom stereocenters. The van der Waals surface area contributed by atoms with E-state index in [2.05, 4.69) is 10.2 Å². The number of nitrogens with one attached hydrogen (secondary N) is 1. The van der Waals surface area contributed by atoms with Crippen molar-refractivity contribution >= 4 is 33.2 Å². The summed E-state index contributed by atoms with van der Waals surface area (Å²) in [5.74, 6) is -0.337. The molecule has 0 atom stereocenters. The maximum atomic E-state index is 13.2. The second-order valence-electron chi connectivity index (χ2n) is 8.41. The summed E-state index contributed by atoms with van der Waals surface area (Å²) in [5.41, 5.74) is 2.37. The molecule has 9 heteroatoms. The number of nitrogens with zero attached hydrogens (tertiary/aromatic N) is 2. The molecule has 7 nitrogen and oxygen atoms in total. The van der Waals surface area contributed by atoms with E-state index in [9.17, 15) is 13.2 Å². The van der Waals surface area contributed by atoms with E-state index in [1.165, 1.54) is 16.4 Å². The Balaban J connectivity index is 1.42. The van der Waals surface area contributed by atoms with Gasteiger partial charge in [-0.2, -0.15) is 4.31 Å². The lowest BCUT2D eigenvalue weighted by atomic mass is 10.1. The van der Waals surface area contributed by atoms with Crippen molar-refractivity contribution in [3.8, 4) is 0 Å². The van der Waals surface area contributed by atoms with Crippen molar-refractivity contribution in [2.24, 2.45) is 0 Å². The van der Waals surface area contributed by atoms with Crippen molar-refractivity contribution in [3.05, 3.63) is 58.6 Å². The number of hydrogen-bond donors (Lipinski definition) is 1. The predicted molar refractivity (Wildman–Crippen MR) is 129 cm³/mol. The van der Waals surface area contributed by atoms with Crippen molar-refractivity contribution < 1.29 is 17.9 Å². The van der Waals surface area contributed by atoms with E-state index < -0.39 is 10.0 Å². The molecule has 2 saturated heterocycles. The molecule has 2 heterocycles. The van der Waals surface area contributed by atoms with Gasteiger partial charge in [-0.15, -0.1) is 0 Å². The second kappa shape index (κ2) is 10.9. The molecule has 2 aliphatic rings. The van der Waals surface area contributed by atoms with Gasteiger partial charge in [0.25, 0.3) is 5.91 Å². The summed E-state index contributed by atoms with van der Waals surface area (Å²) in [7, 11) is -3.75. The molecular formula is C24H30ClN3O4S. The molecule has 2 aliphatic heterocycles. The summed E-state index contributed by atoms with van der Waals surface area (Å²) in [6, 6.07) is 12.5. The lowest BCUT2D eigenvalue weighted by Gasteiger charge is -2.28. The molecule has 0 saturated carbocycles. The van der Waals surface area contributed by atoms with Crippen molar-refractivity contribution in [1.82, 2.24) is 9.62 Å². The van der Waals surface area contributed by atoms with Crippen LogP contribution in [0, 0.1) is 0 Å². The number of benzene rings is 2. The highest BCUT2D eigenvalue weighted by Crippen LogP contribution is 2.28. The topological polar surface area (TPSA) is 79.0 Å². The van der Waals surface area contributed by atoms with Gasteiger partial charge in [0.2, 0.25) is 10.0 Å². The number of ether oxygens (including phenoxy) is 1. The first kappa shape index (κ1) is 24.0. The number of hydrogen-bond acceptors (Lipinski definition) is 5. The number of amides is 1. The Bertz CT molecular complexity index is 1060. The van der Waals surface area contributed by atoms with Gasteiger partial charge in [0.15, 0.2) is 0 Å². The lowest BCUT2D eigenvalue weighted by Crippen LogP contribution is -2.36. The van der Waals surface area contributed by atoms with Gasteiger partial charge in [0.1, 0.15) is 4.90 Å². The second-order valence-corrected chi connectivity index (χ2v) is 10.7. The number of halogens is 1. The summed E-state index contributed by atoms with van der Waals surface area (Å²) in [6.45, 7) is 4.51. The summed E-state index contributed by atoms with van der Waals surface area (Å²) in [5, 5.41) is 3.01. The predicted octanol–water partition coefficient (Wildman–Crippen LogP) is 3.67. The molecule has 0 bridgehead atoms. The quantitative estimate of drug-likeness (QED) is 0.667. The molecule has 2 aromatic carbocycles. The third-order valence-corrected chi connectivity index (χ3v) is 8.52. The molecule has 1 N–H and O–H groups in total. The molecule has 33 heavy (non-hydrogen) atoms. The molecule has 0 aliphatic carbocycles. The highest BCUT2D eigenvalue weighted by molar-refractivity contribution is 7.89. The van der Waals surface area contributed by atoms with Crippen LogP contribution in [0.25, 0.3) is 0 Å². The largest absolute Gasteiger partial charge is 0.378 e. The van der Waals surface area contributed by atoms with Crippen molar-refractivity contribution in [1.29, 1.82) is 0 Å². The lowest BCUT2D eigenvalue weighted by molar-refractivity contribution is 0.0950. The Morgan fingerprint density at radius 2 is 1.61 bits per heavy atom. The first-order valence-corrected chi connectivity index (χ1v) is 13.3. The number of sulfonamides is 1. The molecule has 0 aromatic heterocycles. The molecule has 4 rings (SSSR count). The van der Waals surface area contributed by atoms with Crippen LogP contribution in [0.2, 0.25) is 5.02 Å². The zero-order valence-electron chi connectivity index (χ0n) is 18.6. The smallest absolute Gasteiger partial charge is 0.251 e. The fraction of sp³-hybridized carbons (Fsp3) is 0.458. The summed E-state index contributed by atoms with van der Waals surface area (Å²) < 4.78 is 33.2. The van der Waals surface area contributed by atoms with Crippen LogP contribution in [-0.4, -0.2) is 58.0 Å². The summed E-state index contributed by atoms with van der Waals surface area (Å²) in [4.78, 5) is 15.0. The van der Waals surface area contributed by atoms with Crippen LogP contribution < -0.4 is 10.2 Å². The number of carbonyl (C=O) groups excluding carboxylic acids is 1. The number of morpholine rings is 1. The van der Waals surface area contributed by atoms with Crippen LogP contribution in [-0.2, 0) is 21.3 Å². The number of rotatable bonds is 6. The average molecular weight is 492 g/mol. The third kappa shape index (κ3) is 5.87. The number of anilines is 1. The van der Waals surface area contributed by atoms with Gasteiger partial charge in [-0.05, 0) is 48.7 Å². The number of carbonyl (C=O) groups is 1. The van der Waals surface area contributed by atoms with Crippen molar-refractivity contribution in [3.63, 3.8) is 0 Å². The first-order chi connectivity index (χ1) is 15.9. The Kier molecular flexibility index (Phi) is 7.90. The monoisotopic (exact) mass is 491 g/mol. The Hall–Kier alpha value is -2.13. The Morgan fingerprint density at radius 1 is 0.939 bits per heavy atom. The summed E-state index contributed by atoms with van der Waals surface area (Å²) in [6.07, 6.45) is 3.72. The minimum atomic E-state index is -3.75. The van der Waals surface area contributed by atoms with Crippen molar-refractivity contribution in [2.75, 3.05) is 44.3 Å². The van der Waals surface area contributed by atoms with Crippen LogP contribution in [0.5, 0.6) is 0 Å². The molecule has 2 fully saturated rings. The zero-order chi connectivity index (χ0) is 23.3. The van der Waals surface area contributed by atoms with E-state index in [-0.39, 0.29) is 21.4 Å². The van der Waals surface area contributed by atoms with Crippen molar-refractivity contribution in [2.45, 2.75) is 37.1 Å². The van der Waals surface area contributed by atoms with Crippen LogP contribution in [0.4, 0.5) is 5.69 Å². The maximum absolute atomic E-state index is 13.2. The fourth-order valence-corrected chi connectivity index (χ4v) is 6.21. The fourth-order valence-electron chi connectivity index (χ4n) is 4.19. The van der Waals surface area contributed by atoms with Gasteiger partial charge in [0, 0.05) is 44.0 Å². The van der Waals surface area contributed by atoms with E-state index in [1.54, 1.807) is 6.07 Å². The van der Waals surface area contributed by atoms with Crippen LogP contribution in [0.1, 0.15) is 41.6 Å². The van der Waals surface area contributed by atoms with E-state index in [0.717, 1.165) is 63.2 Å². The summed E-state index contributed by atoms with van der Waals surface area (Å²) >= 11 is 6.25. The van der Waals surface area contributed by atoms with Crippen LogP contribution in [0.3, 0.4) is 0 Å². The van der Waals surface area contributed by atoms with Gasteiger partial charge in [-0.1, -0.05) is 36.6 Å². The minimum Gasteiger partial charge on any atom is -0.378 e. The molecule has 2 aromatic rings. The van der Waals surface area contributed by atoms with E-state index in [4.69, 9.17) is 16.3 Å². The molecule has 178 valence electrons. The van der Waals surface area contributed by atoms with Gasteiger partial charge in [-0.3, -0.25) is 4.79 Å². The Morgan fingerprint density at radius 3 is 2.27 bits per heavy atom. The van der Waals surface area contributed by atoms with Crippen LogP contribution in [0.15, 0.2) is 47.4 Å². The average Bonchev–Trinajstić information content (AvgIpc) is 3.14. The van der Waals surface area contributed by atoms with E-state index >= 15 is 0 Å². The highest BCUT2D eigenvalue weighted by atomic mass is 35.5. The maximum Gasteiger partial charge on any atom is 0.251 e. The standard InChI is InChI=1S/C24H30ClN3O4S/c25-22-10-7-20(17-23(22)33(30,31)28-11-3-1-2-4-12-28)24(29)26-18-19-5-8-21(9-6-19)27-13-15-32-16-14-27/h5-10,17H,1-4,11-16,18H2,(H,26,29). The molecular weight excluding hydrogens is 462 g/mol. The SMILES string of the molecule is O=C(NCc1ccc(N2CCOCC2)cc1)c1ccc(Cl)c(S(=O)(=O)N2CCCCCC2)c1. The normalized spacial score (nSPS) is 18.0. The van der Waals surface area contributed by atoms with Gasteiger partial charge < -0.3 is 15.0 Å². The minimum absolute atomic E-state index is 0.00594. The highest BCUT2D eigenvalue weighted by Gasteiger charge is 2.28. The zero-order valence-corrected chi connectivity index (χ0v) is 20.2. The molecule has 0 spiro atoms. The molecule has 0 radical (unpaired) electrons. The van der Waals surface area contributed by atoms with E-state index in [0.29, 0.717) is 19.6 Å².